The van der Waals surface area contributed by atoms with Crippen molar-refractivity contribution < 1.29 is 9.53 Å². The standard InChI is InChI=1S/C17H25NO2/c1-13(2)15-11-7-8-12-17(15,16(19)20-3)18-14-9-5-4-6-10-14/h4-6,9-10,13,15,18H,7-8,11-12H2,1-3H3. The van der Waals surface area contributed by atoms with Crippen molar-refractivity contribution in [1.82, 2.24) is 0 Å². The summed E-state index contributed by atoms with van der Waals surface area (Å²) in [6.45, 7) is 4.39. The monoisotopic (exact) mass is 275 g/mol. The highest BCUT2D eigenvalue weighted by Crippen LogP contribution is 2.41. The first-order valence-electron chi connectivity index (χ1n) is 7.52. The highest BCUT2D eigenvalue weighted by molar-refractivity contribution is 5.85. The predicted octanol–water partition coefficient (Wildman–Crippen LogP) is 3.86. The van der Waals surface area contributed by atoms with Gasteiger partial charge in [-0.3, -0.25) is 0 Å². The molecular weight excluding hydrogens is 250 g/mol. The number of methoxy groups -OCH3 is 1. The zero-order chi connectivity index (χ0) is 14.6. The van der Waals surface area contributed by atoms with Crippen LogP contribution >= 0.6 is 0 Å². The molecule has 0 saturated heterocycles. The van der Waals surface area contributed by atoms with Gasteiger partial charge in [0.05, 0.1) is 7.11 Å². The molecule has 2 unspecified atom stereocenters. The van der Waals surface area contributed by atoms with Crippen LogP contribution in [0.2, 0.25) is 0 Å². The quantitative estimate of drug-likeness (QED) is 0.848. The van der Waals surface area contributed by atoms with Gasteiger partial charge in [0, 0.05) is 5.69 Å². The van der Waals surface area contributed by atoms with Crippen LogP contribution in [0.15, 0.2) is 30.3 Å². The van der Waals surface area contributed by atoms with Crippen LogP contribution in [-0.4, -0.2) is 18.6 Å². The third-order valence-electron chi connectivity index (χ3n) is 4.46. The number of benzene rings is 1. The first-order chi connectivity index (χ1) is 9.60. The van der Waals surface area contributed by atoms with Gasteiger partial charge in [0.2, 0.25) is 0 Å². The Morgan fingerprint density at radius 1 is 1.30 bits per heavy atom. The molecule has 1 aliphatic rings. The Kier molecular flexibility index (Phi) is 4.69. The summed E-state index contributed by atoms with van der Waals surface area (Å²) in [4.78, 5) is 12.5. The van der Waals surface area contributed by atoms with E-state index >= 15 is 0 Å². The Bertz CT molecular complexity index is 444. The number of carbonyl (C=O) groups is 1. The van der Waals surface area contributed by atoms with Crippen LogP contribution in [-0.2, 0) is 9.53 Å². The number of nitrogens with one attached hydrogen (secondary N) is 1. The highest BCUT2D eigenvalue weighted by Gasteiger charge is 2.49. The zero-order valence-electron chi connectivity index (χ0n) is 12.7. The van der Waals surface area contributed by atoms with E-state index in [2.05, 4.69) is 19.2 Å². The van der Waals surface area contributed by atoms with Crippen LogP contribution in [0.5, 0.6) is 0 Å². The number of esters is 1. The lowest BCUT2D eigenvalue weighted by molar-refractivity contribution is -0.150. The molecule has 1 fully saturated rings. The molecule has 20 heavy (non-hydrogen) atoms. The zero-order valence-corrected chi connectivity index (χ0v) is 12.7. The van der Waals surface area contributed by atoms with Gasteiger partial charge in [-0.1, -0.05) is 44.9 Å². The molecule has 1 aromatic rings. The molecule has 0 amide bonds. The number of ether oxygens (including phenoxy) is 1. The Balaban J connectivity index is 2.35. The fourth-order valence-corrected chi connectivity index (χ4v) is 3.52. The number of anilines is 1. The SMILES string of the molecule is COC(=O)C1(Nc2ccccc2)CCCCC1C(C)C. The molecule has 1 aliphatic carbocycles. The minimum absolute atomic E-state index is 0.125. The van der Waals surface area contributed by atoms with Crippen molar-refractivity contribution in [3.05, 3.63) is 30.3 Å². The second-order valence-corrected chi connectivity index (χ2v) is 6.05. The van der Waals surface area contributed by atoms with Gasteiger partial charge in [0.15, 0.2) is 0 Å². The molecule has 3 heteroatoms. The maximum Gasteiger partial charge on any atom is 0.331 e. The third-order valence-corrected chi connectivity index (χ3v) is 4.46. The summed E-state index contributed by atoms with van der Waals surface area (Å²) < 4.78 is 5.14. The molecule has 0 bridgehead atoms. The van der Waals surface area contributed by atoms with Gasteiger partial charge in [0.1, 0.15) is 5.54 Å². The molecule has 1 N–H and O–H groups in total. The summed E-state index contributed by atoms with van der Waals surface area (Å²) in [7, 11) is 1.49. The van der Waals surface area contributed by atoms with Crippen molar-refractivity contribution in [2.75, 3.05) is 12.4 Å². The Labute approximate surface area is 121 Å². The number of hydrogen-bond donors (Lipinski definition) is 1. The van der Waals surface area contributed by atoms with E-state index in [1.54, 1.807) is 0 Å². The summed E-state index contributed by atoms with van der Waals surface area (Å²) in [5.74, 6) is 0.634. The second-order valence-electron chi connectivity index (χ2n) is 6.05. The van der Waals surface area contributed by atoms with E-state index in [9.17, 15) is 4.79 Å². The minimum Gasteiger partial charge on any atom is -0.467 e. The summed E-state index contributed by atoms with van der Waals surface area (Å²) in [6.07, 6.45) is 4.18. The topological polar surface area (TPSA) is 38.3 Å². The minimum atomic E-state index is -0.581. The Morgan fingerprint density at radius 2 is 2.00 bits per heavy atom. The van der Waals surface area contributed by atoms with E-state index in [1.165, 1.54) is 13.5 Å². The van der Waals surface area contributed by atoms with Crippen molar-refractivity contribution >= 4 is 11.7 Å². The molecule has 2 atom stereocenters. The van der Waals surface area contributed by atoms with E-state index < -0.39 is 5.54 Å². The van der Waals surface area contributed by atoms with Crippen LogP contribution in [0.4, 0.5) is 5.69 Å². The number of carbonyl (C=O) groups excluding carboxylic acids is 1. The molecule has 2 rings (SSSR count). The highest BCUT2D eigenvalue weighted by atomic mass is 16.5. The van der Waals surface area contributed by atoms with Crippen molar-refractivity contribution in [3.8, 4) is 0 Å². The molecule has 1 aromatic carbocycles. The first-order valence-corrected chi connectivity index (χ1v) is 7.52. The van der Waals surface area contributed by atoms with Crippen LogP contribution in [0.3, 0.4) is 0 Å². The maximum absolute atomic E-state index is 12.5. The van der Waals surface area contributed by atoms with E-state index in [4.69, 9.17) is 4.74 Å². The van der Waals surface area contributed by atoms with Gasteiger partial charge < -0.3 is 10.1 Å². The third kappa shape index (κ3) is 2.82. The van der Waals surface area contributed by atoms with Gasteiger partial charge >= 0.3 is 5.97 Å². The lowest BCUT2D eigenvalue weighted by Gasteiger charge is -2.45. The Hall–Kier alpha value is -1.51. The molecule has 0 aromatic heterocycles. The average Bonchev–Trinajstić information content (AvgIpc) is 2.47. The molecule has 0 spiro atoms. The van der Waals surface area contributed by atoms with Gasteiger partial charge in [-0.05, 0) is 36.8 Å². The van der Waals surface area contributed by atoms with E-state index in [-0.39, 0.29) is 5.97 Å². The van der Waals surface area contributed by atoms with Crippen molar-refractivity contribution in [2.24, 2.45) is 11.8 Å². The second kappa shape index (κ2) is 6.29. The molecule has 1 saturated carbocycles. The van der Waals surface area contributed by atoms with Crippen molar-refractivity contribution in [3.63, 3.8) is 0 Å². The van der Waals surface area contributed by atoms with Crippen molar-refractivity contribution in [1.29, 1.82) is 0 Å². The average molecular weight is 275 g/mol. The molecule has 0 aliphatic heterocycles. The summed E-state index contributed by atoms with van der Waals surface area (Å²) in [5.41, 5.74) is 0.410. The van der Waals surface area contributed by atoms with Crippen LogP contribution in [0, 0.1) is 11.8 Å². The number of rotatable bonds is 4. The Morgan fingerprint density at radius 3 is 2.60 bits per heavy atom. The van der Waals surface area contributed by atoms with Crippen molar-refractivity contribution in [2.45, 2.75) is 45.1 Å². The normalized spacial score (nSPS) is 26.3. The van der Waals surface area contributed by atoms with E-state index in [0.717, 1.165) is 24.9 Å². The summed E-state index contributed by atoms with van der Waals surface area (Å²) in [5, 5.41) is 3.50. The van der Waals surface area contributed by atoms with Gasteiger partial charge in [-0.15, -0.1) is 0 Å². The van der Waals surface area contributed by atoms with Gasteiger partial charge in [-0.25, -0.2) is 4.79 Å². The lowest BCUT2D eigenvalue weighted by Crippen LogP contribution is -2.56. The van der Waals surface area contributed by atoms with Crippen LogP contribution < -0.4 is 5.32 Å². The van der Waals surface area contributed by atoms with E-state index in [0.29, 0.717) is 11.8 Å². The maximum atomic E-state index is 12.5. The molecule has 0 heterocycles. The lowest BCUT2D eigenvalue weighted by atomic mass is 9.67. The van der Waals surface area contributed by atoms with E-state index in [1.807, 2.05) is 30.3 Å². The molecule has 110 valence electrons. The van der Waals surface area contributed by atoms with Crippen LogP contribution in [0.1, 0.15) is 39.5 Å². The van der Waals surface area contributed by atoms with Gasteiger partial charge in [0.25, 0.3) is 0 Å². The fraction of sp³-hybridized carbons (Fsp3) is 0.588. The molecule has 0 radical (unpaired) electrons. The molecule has 3 nitrogen and oxygen atoms in total. The smallest absolute Gasteiger partial charge is 0.331 e. The largest absolute Gasteiger partial charge is 0.467 e. The summed E-state index contributed by atoms with van der Waals surface area (Å²) in [6, 6.07) is 9.98. The fourth-order valence-electron chi connectivity index (χ4n) is 3.52. The first kappa shape index (κ1) is 14.9. The number of para-hydroxylation sites is 1. The molecular formula is C17H25NO2. The van der Waals surface area contributed by atoms with Gasteiger partial charge in [-0.2, -0.15) is 0 Å². The summed E-state index contributed by atoms with van der Waals surface area (Å²) >= 11 is 0. The number of hydrogen-bond acceptors (Lipinski definition) is 3. The predicted molar refractivity (Wildman–Crippen MR) is 81.6 cm³/mol. The van der Waals surface area contributed by atoms with Crippen LogP contribution in [0.25, 0.3) is 0 Å².